The normalized spacial score (nSPS) is 11.1. The summed E-state index contributed by atoms with van der Waals surface area (Å²) in [4.78, 5) is 25.6. The van der Waals surface area contributed by atoms with E-state index in [1.54, 1.807) is 23.9 Å². The largest absolute Gasteiger partial charge is 0.322 e. The van der Waals surface area contributed by atoms with Crippen molar-refractivity contribution in [3.63, 3.8) is 0 Å². The number of fused-ring (bicyclic) bond motifs is 1. The minimum Gasteiger partial charge on any atom is -0.322 e. The lowest BCUT2D eigenvalue weighted by Gasteiger charge is -2.11. The Morgan fingerprint density at radius 2 is 1.90 bits per heavy atom. The predicted octanol–water partition coefficient (Wildman–Crippen LogP) is 3.29. The van der Waals surface area contributed by atoms with Gasteiger partial charge in [-0.3, -0.25) is 9.59 Å². The van der Waals surface area contributed by atoms with Crippen LogP contribution in [0.3, 0.4) is 0 Å². The van der Waals surface area contributed by atoms with E-state index in [4.69, 9.17) is 0 Å². The van der Waals surface area contributed by atoms with Gasteiger partial charge in [-0.2, -0.15) is 10.2 Å². The smallest absolute Gasteiger partial charge is 0.293 e. The van der Waals surface area contributed by atoms with E-state index in [1.807, 2.05) is 32.0 Å². The number of carbonyl (C=O) groups is 1. The molecule has 30 heavy (non-hydrogen) atoms. The molecule has 152 valence electrons. The summed E-state index contributed by atoms with van der Waals surface area (Å²) in [6.07, 6.45) is 1.60. The van der Waals surface area contributed by atoms with E-state index < -0.39 is 17.3 Å². The first-order valence-corrected chi connectivity index (χ1v) is 9.42. The van der Waals surface area contributed by atoms with Gasteiger partial charge >= 0.3 is 0 Å². The Labute approximate surface area is 171 Å². The Morgan fingerprint density at radius 1 is 1.13 bits per heavy atom. The van der Waals surface area contributed by atoms with Crippen LogP contribution in [0, 0.1) is 26.6 Å². The monoisotopic (exact) mass is 405 g/mol. The second kappa shape index (κ2) is 7.55. The number of anilines is 1. The van der Waals surface area contributed by atoms with Crippen molar-refractivity contribution in [2.24, 2.45) is 0 Å². The molecule has 0 fully saturated rings. The highest BCUT2D eigenvalue weighted by atomic mass is 19.1. The standard InChI is InChI=1S/C22H20FN5O2/c1-13-8-9-19(14(2)10-13)28-21-16(11-24-28)15(3)26-27(22(21)30)12-20(29)25-18-7-5-4-6-17(18)23/h4-11H,12H2,1-3H3,(H,25,29). The number of carbonyl (C=O) groups excluding carboxylic acids is 1. The van der Waals surface area contributed by atoms with Gasteiger partial charge in [0.25, 0.3) is 5.56 Å². The van der Waals surface area contributed by atoms with Crippen molar-refractivity contribution in [2.75, 3.05) is 5.32 Å². The lowest BCUT2D eigenvalue weighted by molar-refractivity contribution is -0.117. The van der Waals surface area contributed by atoms with Crippen LogP contribution in [-0.4, -0.2) is 25.5 Å². The van der Waals surface area contributed by atoms with Gasteiger partial charge in [-0.1, -0.05) is 29.8 Å². The maximum atomic E-state index is 13.8. The van der Waals surface area contributed by atoms with Crippen LogP contribution in [0.4, 0.5) is 10.1 Å². The molecule has 7 nitrogen and oxygen atoms in total. The molecule has 2 aromatic carbocycles. The number of aryl methyl sites for hydroxylation is 3. The van der Waals surface area contributed by atoms with Gasteiger partial charge in [0.1, 0.15) is 17.9 Å². The number of benzene rings is 2. The zero-order chi connectivity index (χ0) is 21.4. The van der Waals surface area contributed by atoms with Crippen LogP contribution in [0.5, 0.6) is 0 Å². The molecule has 0 spiro atoms. The van der Waals surface area contributed by atoms with Gasteiger partial charge in [0, 0.05) is 5.39 Å². The number of aromatic nitrogens is 4. The molecular weight excluding hydrogens is 385 g/mol. The van der Waals surface area contributed by atoms with E-state index >= 15 is 0 Å². The summed E-state index contributed by atoms with van der Waals surface area (Å²) in [5.74, 6) is -1.10. The Morgan fingerprint density at radius 3 is 2.63 bits per heavy atom. The van der Waals surface area contributed by atoms with E-state index in [-0.39, 0.29) is 12.2 Å². The maximum absolute atomic E-state index is 13.8. The Kier molecular flexibility index (Phi) is 4.91. The van der Waals surface area contributed by atoms with Crippen LogP contribution in [0.15, 0.2) is 53.5 Å². The fourth-order valence-electron chi connectivity index (χ4n) is 3.44. The molecule has 2 aromatic heterocycles. The van der Waals surface area contributed by atoms with Gasteiger partial charge in [0.15, 0.2) is 0 Å². The van der Waals surface area contributed by atoms with Crippen LogP contribution >= 0.6 is 0 Å². The summed E-state index contributed by atoms with van der Waals surface area (Å²) in [5.41, 5.74) is 3.36. The number of hydrogen-bond acceptors (Lipinski definition) is 4. The molecule has 0 aliphatic heterocycles. The van der Waals surface area contributed by atoms with Crippen molar-refractivity contribution in [3.8, 4) is 5.69 Å². The summed E-state index contributed by atoms with van der Waals surface area (Å²) < 4.78 is 16.4. The molecule has 0 radical (unpaired) electrons. The third-order valence-electron chi connectivity index (χ3n) is 4.89. The van der Waals surface area contributed by atoms with Crippen molar-refractivity contribution >= 4 is 22.5 Å². The van der Waals surface area contributed by atoms with Crippen molar-refractivity contribution < 1.29 is 9.18 Å². The number of para-hydroxylation sites is 1. The second-order valence-electron chi connectivity index (χ2n) is 7.18. The van der Waals surface area contributed by atoms with Crippen molar-refractivity contribution in [3.05, 3.63) is 81.7 Å². The fraction of sp³-hybridized carbons (Fsp3) is 0.182. The molecule has 0 saturated heterocycles. The van der Waals surface area contributed by atoms with Gasteiger partial charge < -0.3 is 5.32 Å². The topological polar surface area (TPSA) is 81.8 Å². The zero-order valence-electron chi connectivity index (χ0n) is 16.8. The van der Waals surface area contributed by atoms with Gasteiger partial charge in [-0.05, 0) is 44.5 Å². The van der Waals surface area contributed by atoms with Crippen LogP contribution in [0.1, 0.15) is 16.8 Å². The highest BCUT2D eigenvalue weighted by molar-refractivity contribution is 5.91. The third-order valence-corrected chi connectivity index (χ3v) is 4.89. The summed E-state index contributed by atoms with van der Waals surface area (Å²) in [6, 6.07) is 11.7. The van der Waals surface area contributed by atoms with E-state index in [2.05, 4.69) is 15.5 Å². The summed E-state index contributed by atoms with van der Waals surface area (Å²) >= 11 is 0. The number of rotatable bonds is 4. The van der Waals surface area contributed by atoms with Gasteiger partial charge in [-0.25, -0.2) is 13.8 Å². The summed E-state index contributed by atoms with van der Waals surface area (Å²) in [6.45, 7) is 5.35. The SMILES string of the molecule is Cc1ccc(-n2ncc3c(C)nn(CC(=O)Nc4ccccc4F)c(=O)c32)c(C)c1. The van der Waals surface area contributed by atoms with Crippen LogP contribution in [0.25, 0.3) is 16.6 Å². The first-order chi connectivity index (χ1) is 14.3. The predicted molar refractivity (Wildman–Crippen MR) is 112 cm³/mol. The molecule has 4 aromatic rings. The first kappa shape index (κ1) is 19.5. The molecule has 2 heterocycles. The van der Waals surface area contributed by atoms with Gasteiger partial charge in [0.2, 0.25) is 5.91 Å². The molecule has 0 saturated carbocycles. The number of nitrogens with zero attached hydrogens (tertiary/aromatic N) is 4. The summed E-state index contributed by atoms with van der Waals surface area (Å²) in [5, 5.41) is 11.7. The molecule has 0 bridgehead atoms. The van der Waals surface area contributed by atoms with E-state index in [0.717, 1.165) is 21.5 Å². The molecule has 1 N–H and O–H groups in total. The summed E-state index contributed by atoms with van der Waals surface area (Å²) in [7, 11) is 0. The van der Waals surface area contributed by atoms with Crippen LogP contribution in [-0.2, 0) is 11.3 Å². The fourth-order valence-corrected chi connectivity index (χ4v) is 3.44. The van der Waals surface area contributed by atoms with Crippen molar-refractivity contribution in [2.45, 2.75) is 27.3 Å². The lowest BCUT2D eigenvalue weighted by atomic mass is 10.1. The quantitative estimate of drug-likeness (QED) is 0.565. The van der Waals surface area contributed by atoms with Gasteiger partial charge in [-0.15, -0.1) is 0 Å². The number of halogens is 1. The first-order valence-electron chi connectivity index (χ1n) is 9.42. The molecule has 0 atom stereocenters. The minimum atomic E-state index is -0.550. The van der Waals surface area contributed by atoms with Crippen molar-refractivity contribution in [1.29, 1.82) is 0 Å². The Hall–Kier alpha value is -3.81. The average molecular weight is 405 g/mol. The molecular formula is C22H20FN5O2. The zero-order valence-corrected chi connectivity index (χ0v) is 16.8. The third kappa shape index (κ3) is 3.47. The second-order valence-corrected chi connectivity index (χ2v) is 7.18. The molecule has 8 heteroatoms. The average Bonchev–Trinajstić information content (AvgIpc) is 3.13. The Bertz CT molecular complexity index is 1340. The maximum Gasteiger partial charge on any atom is 0.293 e. The van der Waals surface area contributed by atoms with Crippen molar-refractivity contribution in [1.82, 2.24) is 19.6 Å². The minimum absolute atomic E-state index is 0.0497. The van der Waals surface area contributed by atoms with Crippen LogP contribution < -0.4 is 10.9 Å². The lowest BCUT2D eigenvalue weighted by Crippen LogP contribution is -2.31. The van der Waals surface area contributed by atoms with E-state index in [0.29, 0.717) is 16.6 Å². The molecule has 0 aliphatic rings. The van der Waals surface area contributed by atoms with Gasteiger partial charge in [0.05, 0.1) is 23.3 Å². The number of amides is 1. The number of hydrogen-bond donors (Lipinski definition) is 1. The Balaban J connectivity index is 1.75. The molecule has 4 rings (SSSR count). The van der Waals surface area contributed by atoms with E-state index in [1.165, 1.54) is 18.2 Å². The molecule has 0 aliphatic carbocycles. The van der Waals surface area contributed by atoms with Crippen LogP contribution in [0.2, 0.25) is 0 Å². The highest BCUT2D eigenvalue weighted by Gasteiger charge is 2.18. The molecule has 1 amide bonds. The highest BCUT2D eigenvalue weighted by Crippen LogP contribution is 2.21. The number of nitrogens with one attached hydrogen (secondary N) is 1. The van der Waals surface area contributed by atoms with E-state index in [9.17, 15) is 14.0 Å². The molecule has 0 unspecified atom stereocenters.